The summed E-state index contributed by atoms with van der Waals surface area (Å²) in [4.78, 5) is 0. The summed E-state index contributed by atoms with van der Waals surface area (Å²) in [5, 5.41) is 0. The van der Waals surface area contributed by atoms with Crippen molar-refractivity contribution in [1.82, 2.24) is 0 Å². The van der Waals surface area contributed by atoms with Crippen molar-refractivity contribution in [3.8, 4) is 11.1 Å². The molecule has 1 atom stereocenters. The molecule has 0 aromatic heterocycles. The molecule has 0 saturated heterocycles. The zero-order chi connectivity index (χ0) is 42.8. The zero-order valence-electron chi connectivity index (χ0n) is 36.5. The lowest BCUT2D eigenvalue weighted by molar-refractivity contribution is 0.969. The predicted octanol–water partition coefficient (Wildman–Crippen LogP) is 17.1. The summed E-state index contributed by atoms with van der Waals surface area (Å²) >= 11 is 0. The molecule has 302 valence electrons. The molecule has 2 aliphatic rings. The fourth-order valence-corrected chi connectivity index (χ4v) is 7.45. The maximum atomic E-state index is 4.52. The molecule has 0 heterocycles. The minimum atomic E-state index is 0.243. The summed E-state index contributed by atoms with van der Waals surface area (Å²) in [7, 11) is 0. The quantitative estimate of drug-likeness (QED) is 0.0906. The van der Waals surface area contributed by atoms with E-state index < -0.39 is 0 Å². The zero-order valence-corrected chi connectivity index (χ0v) is 36.5. The van der Waals surface area contributed by atoms with Crippen LogP contribution in [0.15, 0.2) is 247 Å². The molecule has 6 aromatic carbocycles. The Balaban J connectivity index is 0.000000377. The first-order valence-corrected chi connectivity index (χ1v) is 21.7. The highest BCUT2D eigenvalue weighted by molar-refractivity contribution is 5.83. The van der Waals surface area contributed by atoms with Crippen molar-refractivity contribution in [1.29, 1.82) is 0 Å². The molecule has 0 N–H and O–H groups in total. The van der Waals surface area contributed by atoms with Gasteiger partial charge >= 0.3 is 0 Å². The van der Waals surface area contributed by atoms with Crippen LogP contribution in [0.3, 0.4) is 0 Å². The first-order chi connectivity index (χ1) is 29.9. The molecule has 0 saturated carbocycles. The molecule has 1 unspecified atom stereocenters. The first-order valence-electron chi connectivity index (χ1n) is 21.7. The highest BCUT2D eigenvalue weighted by Crippen LogP contribution is 2.32. The van der Waals surface area contributed by atoms with Crippen molar-refractivity contribution in [3.05, 3.63) is 281 Å². The van der Waals surface area contributed by atoms with Crippen molar-refractivity contribution < 1.29 is 0 Å². The molecule has 8 rings (SSSR count). The van der Waals surface area contributed by atoms with Gasteiger partial charge in [0.15, 0.2) is 0 Å². The summed E-state index contributed by atoms with van der Waals surface area (Å²) in [6, 6.07) is 60.1. The summed E-state index contributed by atoms with van der Waals surface area (Å²) in [5.41, 5.74) is 21.5. The molecule has 0 aliphatic heterocycles. The van der Waals surface area contributed by atoms with E-state index in [1.54, 1.807) is 0 Å². The van der Waals surface area contributed by atoms with Crippen LogP contribution in [0.5, 0.6) is 0 Å². The van der Waals surface area contributed by atoms with E-state index in [1.807, 2.05) is 32.0 Å². The molecule has 0 amide bonds. The van der Waals surface area contributed by atoms with Gasteiger partial charge in [-0.2, -0.15) is 0 Å². The largest absolute Gasteiger partial charge is 0.109 e. The second-order valence-electron chi connectivity index (χ2n) is 15.2. The molecule has 0 bridgehead atoms. The molecule has 61 heavy (non-hydrogen) atoms. The van der Waals surface area contributed by atoms with Gasteiger partial charge in [-0.05, 0) is 123 Å². The average Bonchev–Trinajstić information content (AvgIpc) is 3.79. The lowest BCUT2D eigenvalue weighted by Gasteiger charge is -2.15. The fraction of sp³-hybridized carbons (Fsp3) is 0.131. The molecular weight excluding hydrogens is 733 g/mol. The molecule has 2 aliphatic carbocycles. The predicted molar refractivity (Wildman–Crippen MR) is 267 cm³/mol. The van der Waals surface area contributed by atoms with Crippen molar-refractivity contribution >= 4 is 22.3 Å². The van der Waals surface area contributed by atoms with Gasteiger partial charge in [0.05, 0.1) is 0 Å². The lowest BCUT2D eigenvalue weighted by atomic mass is 9.89. The Morgan fingerprint density at radius 2 is 1.11 bits per heavy atom. The number of hydrogen-bond acceptors (Lipinski definition) is 0. The fourth-order valence-electron chi connectivity index (χ4n) is 7.45. The second kappa shape index (κ2) is 22.4. The van der Waals surface area contributed by atoms with Gasteiger partial charge in [0.2, 0.25) is 0 Å². The van der Waals surface area contributed by atoms with Crippen molar-refractivity contribution in [2.24, 2.45) is 0 Å². The Kier molecular flexibility index (Phi) is 16.0. The summed E-state index contributed by atoms with van der Waals surface area (Å²) in [6.07, 6.45) is 19.9. The van der Waals surface area contributed by atoms with Gasteiger partial charge in [-0.15, -0.1) is 5.73 Å². The topological polar surface area (TPSA) is 0 Å². The number of hydrogen-bond donors (Lipinski definition) is 0. The van der Waals surface area contributed by atoms with Crippen LogP contribution >= 0.6 is 0 Å². The van der Waals surface area contributed by atoms with Crippen molar-refractivity contribution in [2.75, 3.05) is 0 Å². The maximum absolute atomic E-state index is 4.52. The van der Waals surface area contributed by atoms with Crippen LogP contribution < -0.4 is 0 Å². The smallest absolute Gasteiger partial charge is 0.0240 e. The van der Waals surface area contributed by atoms with Crippen molar-refractivity contribution in [3.63, 3.8) is 0 Å². The van der Waals surface area contributed by atoms with Gasteiger partial charge in [0, 0.05) is 5.57 Å². The van der Waals surface area contributed by atoms with E-state index in [2.05, 4.69) is 233 Å². The van der Waals surface area contributed by atoms with Crippen LogP contribution in [0, 0.1) is 0 Å². The number of allylic oxidation sites excluding steroid dienone is 13. The van der Waals surface area contributed by atoms with Crippen LogP contribution in [-0.2, 0) is 0 Å². The number of benzene rings is 6. The lowest BCUT2D eigenvalue weighted by Crippen LogP contribution is -1.95. The Hall–Kier alpha value is -6.98. The standard InChI is InChI=1S/C47H42.C12H10.C2H6/c1-35(38-16-8-4-9-17-38)32-46(42-20-12-6-13-21-42)33-36(2)39-26-30-45(31-27-39)47(44-22-14-7-15-23-44)34-37(3)40-24-28-43(29-25-40)41-18-10-5-11-19-41;1-10-7-8-12(9-10)11-5-3-2-4-6-11;1-2/h4-12,14-20,22-34,37H,2,13,21H2,1,3H3;2-8H,1H3;1-2H3/b35-32+,46-33+,47-34+;;. The van der Waals surface area contributed by atoms with Crippen LogP contribution in [0.4, 0.5) is 0 Å². The molecular formula is C61H58. The number of rotatable bonds is 11. The third-order valence-corrected chi connectivity index (χ3v) is 10.8. The molecule has 6 aromatic rings. The van der Waals surface area contributed by atoms with E-state index in [0.29, 0.717) is 0 Å². The minimum Gasteiger partial charge on any atom is -0.109 e. The van der Waals surface area contributed by atoms with E-state index >= 15 is 0 Å². The van der Waals surface area contributed by atoms with Gasteiger partial charge < -0.3 is 0 Å². The first kappa shape index (κ1) is 43.6. The van der Waals surface area contributed by atoms with E-state index in [1.165, 1.54) is 72.4 Å². The molecule has 0 fully saturated rings. The van der Waals surface area contributed by atoms with Crippen LogP contribution in [-0.4, -0.2) is 0 Å². The molecule has 0 nitrogen and oxygen atoms in total. The van der Waals surface area contributed by atoms with Crippen LogP contribution in [0.25, 0.3) is 33.4 Å². The Labute approximate surface area is 366 Å². The van der Waals surface area contributed by atoms with E-state index in [-0.39, 0.29) is 5.92 Å². The van der Waals surface area contributed by atoms with Crippen LogP contribution in [0.2, 0.25) is 0 Å². The van der Waals surface area contributed by atoms with Gasteiger partial charge in [-0.1, -0.05) is 234 Å². The van der Waals surface area contributed by atoms with Crippen LogP contribution in [0.1, 0.15) is 86.8 Å². The highest BCUT2D eigenvalue weighted by atomic mass is 14.2. The Morgan fingerprint density at radius 3 is 1.67 bits per heavy atom. The molecule has 0 radical (unpaired) electrons. The Bertz CT molecular complexity index is 2600. The van der Waals surface area contributed by atoms with E-state index in [4.69, 9.17) is 0 Å². The Morgan fingerprint density at radius 1 is 0.590 bits per heavy atom. The third-order valence-electron chi connectivity index (χ3n) is 10.8. The third kappa shape index (κ3) is 12.3. The summed E-state index contributed by atoms with van der Waals surface area (Å²) in [6.45, 7) is 15.1. The normalized spacial score (nSPS) is 14.0. The second-order valence-corrected chi connectivity index (χ2v) is 15.2. The maximum Gasteiger partial charge on any atom is 0.0240 e. The monoisotopic (exact) mass is 790 g/mol. The van der Waals surface area contributed by atoms with E-state index in [0.717, 1.165) is 24.0 Å². The average molecular weight is 791 g/mol. The van der Waals surface area contributed by atoms with E-state index in [9.17, 15) is 0 Å². The van der Waals surface area contributed by atoms with Gasteiger partial charge in [-0.3, -0.25) is 0 Å². The highest BCUT2D eigenvalue weighted by Gasteiger charge is 2.12. The summed E-state index contributed by atoms with van der Waals surface area (Å²) < 4.78 is 0. The van der Waals surface area contributed by atoms with Gasteiger partial charge in [0.25, 0.3) is 0 Å². The SMILES string of the molecule is C=C(/C=C(\C=C(/C)c1ccccc1)C1=CC=CCC1)c1ccc(/C(=C/C(C)c2ccc(-c3ccccc3)cc2)c2ccccc2)cc1.CC.CC1=C=C(c2ccccc2)C=C1. The molecule has 0 heteroatoms. The van der Waals surface area contributed by atoms with Gasteiger partial charge in [0.1, 0.15) is 0 Å². The minimum absolute atomic E-state index is 0.243. The molecule has 0 spiro atoms. The van der Waals surface area contributed by atoms with Gasteiger partial charge in [-0.25, -0.2) is 0 Å². The van der Waals surface area contributed by atoms with Crippen molar-refractivity contribution in [2.45, 2.75) is 53.4 Å². The summed E-state index contributed by atoms with van der Waals surface area (Å²) in [5.74, 6) is 0.243.